The topological polar surface area (TPSA) is 52.6 Å². The van der Waals surface area contributed by atoms with Crippen LogP contribution in [0.25, 0.3) is 0 Å². The molecule has 4 nitrogen and oxygen atoms in total. The molecule has 0 radical (unpaired) electrons. The Labute approximate surface area is 125 Å². The number of rotatable bonds is 4. The molecule has 1 aromatic rings. The van der Waals surface area contributed by atoms with Crippen molar-refractivity contribution in [3.8, 4) is 0 Å². The lowest BCUT2D eigenvalue weighted by atomic mass is 9.91. The summed E-state index contributed by atoms with van der Waals surface area (Å²) in [6.45, 7) is 2.40. The number of aliphatic hydroxyl groups excluding tert-OH is 1. The molecule has 0 aromatic heterocycles. The first kappa shape index (κ1) is 15.8. The fraction of sp³-hybridized carbons (Fsp3) is 0.562. The van der Waals surface area contributed by atoms with E-state index in [1.807, 2.05) is 6.92 Å². The molecule has 0 saturated heterocycles. The van der Waals surface area contributed by atoms with Gasteiger partial charge in [-0.2, -0.15) is 0 Å². The number of hydrogen-bond acceptors (Lipinski definition) is 3. The molecule has 0 aliphatic heterocycles. The summed E-state index contributed by atoms with van der Waals surface area (Å²) >= 11 is 0. The van der Waals surface area contributed by atoms with Crippen molar-refractivity contribution in [1.29, 1.82) is 0 Å². The Hall–Kier alpha value is -1.62. The minimum atomic E-state index is -0.496. The summed E-state index contributed by atoms with van der Waals surface area (Å²) in [5.41, 5.74) is 0.555. The monoisotopic (exact) mass is 294 g/mol. The molecule has 116 valence electrons. The molecule has 2 unspecified atom stereocenters. The van der Waals surface area contributed by atoms with Gasteiger partial charge in [0.2, 0.25) is 0 Å². The smallest absolute Gasteiger partial charge is 0.256 e. The number of para-hydroxylation sites is 1. The zero-order valence-corrected chi connectivity index (χ0v) is 12.6. The van der Waals surface area contributed by atoms with Crippen LogP contribution in [0.1, 0.15) is 43.0 Å². The lowest BCUT2D eigenvalue weighted by Gasteiger charge is -2.35. The van der Waals surface area contributed by atoms with Gasteiger partial charge in [0.25, 0.3) is 5.91 Å². The number of likely N-dealkylation sites (N-methyl/N-ethyl adjacent to an activating group) is 1. The molecule has 1 aliphatic carbocycles. The average Bonchev–Trinajstić information content (AvgIpc) is 2.48. The highest BCUT2D eigenvalue weighted by atomic mass is 19.1. The minimum absolute atomic E-state index is 0.191. The van der Waals surface area contributed by atoms with Crippen molar-refractivity contribution in [1.82, 2.24) is 4.90 Å². The predicted molar refractivity (Wildman–Crippen MR) is 80.9 cm³/mol. The van der Waals surface area contributed by atoms with Crippen molar-refractivity contribution in [3.63, 3.8) is 0 Å². The Morgan fingerprint density at radius 2 is 2.14 bits per heavy atom. The molecular weight excluding hydrogens is 271 g/mol. The maximum absolute atomic E-state index is 13.9. The maximum atomic E-state index is 13.9. The Kier molecular flexibility index (Phi) is 5.17. The molecule has 0 spiro atoms. The molecule has 1 saturated carbocycles. The quantitative estimate of drug-likeness (QED) is 0.897. The Balaban J connectivity index is 2.24. The van der Waals surface area contributed by atoms with E-state index in [-0.39, 0.29) is 17.6 Å². The Bertz CT molecular complexity index is 507. The van der Waals surface area contributed by atoms with Crippen LogP contribution in [0.5, 0.6) is 0 Å². The van der Waals surface area contributed by atoms with Gasteiger partial charge in [-0.05, 0) is 31.9 Å². The van der Waals surface area contributed by atoms with Crippen LogP contribution < -0.4 is 5.32 Å². The first-order chi connectivity index (χ1) is 10.1. The van der Waals surface area contributed by atoms with E-state index in [0.717, 1.165) is 19.3 Å². The molecule has 5 heteroatoms. The van der Waals surface area contributed by atoms with Gasteiger partial charge in [0.1, 0.15) is 5.82 Å². The number of hydrogen-bond donors (Lipinski definition) is 2. The molecule has 21 heavy (non-hydrogen) atoms. The van der Waals surface area contributed by atoms with Crippen molar-refractivity contribution in [3.05, 3.63) is 29.6 Å². The molecule has 1 aromatic carbocycles. The SMILES string of the molecule is CCNc1c(F)cccc1C(=O)N(C)C1CCCCC1O. The lowest BCUT2D eigenvalue weighted by molar-refractivity contribution is 0.0268. The van der Waals surface area contributed by atoms with Crippen LogP contribution in [-0.4, -0.2) is 41.7 Å². The molecule has 0 heterocycles. The van der Waals surface area contributed by atoms with Crippen LogP contribution in [0.15, 0.2) is 18.2 Å². The van der Waals surface area contributed by atoms with Gasteiger partial charge >= 0.3 is 0 Å². The van der Waals surface area contributed by atoms with E-state index < -0.39 is 11.9 Å². The maximum Gasteiger partial charge on any atom is 0.256 e. The van der Waals surface area contributed by atoms with Crippen LogP contribution in [0.3, 0.4) is 0 Å². The summed E-state index contributed by atoms with van der Waals surface area (Å²) in [6, 6.07) is 4.30. The van der Waals surface area contributed by atoms with Gasteiger partial charge in [-0.15, -0.1) is 0 Å². The summed E-state index contributed by atoms with van der Waals surface area (Å²) in [5, 5.41) is 13.0. The van der Waals surface area contributed by atoms with Gasteiger partial charge in [-0.25, -0.2) is 4.39 Å². The van der Waals surface area contributed by atoms with E-state index in [1.165, 1.54) is 12.1 Å². The van der Waals surface area contributed by atoms with E-state index in [9.17, 15) is 14.3 Å². The molecule has 2 rings (SSSR count). The van der Waals surface area contributed by atoms with E-state index in [0.29, 0.717) is 18.5 Å². The summed E-state index contributed by atoms with van der Waals surface area (Å²) < 4.78 is 13.9. The normalized spacial score (nSPS) is 21.9. The number of nitrogens with zero attached hydrogens (tertiary/aromatic N) is 1. The minimum Gasteiger partial charge on any atom is -0.391 e. The van der Waals surface area contributed by atoms with E-state index >= 15 is 0 Å². The highest BCUT2D eigenvalue weighted by Gasteiger charge is 2.31. The highest BCUT2D eigenvalue weighted by Crippen LogP contribution is 2.26. The highest BCUT2D eigenvalue weighted by molar-refractivity contribution is 5.99. The zero-order chi connectivity index (χ0) is 15.4. The fourth-order valence-corrected chi connectivity index (χ4v) is 2.94. The van der Waals surface area contributed by atoms with Gasteiger partial charge in [0.15, 0.2) is 0 Å². The zero-order valence-electron chi connectivity index (χ0n) is 12.6. The van der Waals surface area contributed by atoms with Crippen molar-refractivity contribution in [2.75, 3.05) is 18.9 Å². The van der Waals surface area contributed by atoms with Gasteiger partial charge < -0.3 is 15.3 Å². The molecule has 2 N–H and O–H groups in total. The molecule has 1 fully saturated rings. The van der Waals surface area contributed by atoms with Crippen LogP contribution in [-0.2, 0) is 0 Å². The number of halogens is 1. The third kappa shape index (κ3) is 3.35. The fourth-order valence-electron chi connectivity index (χ4n) is 2.94. The molecule has 2 atom stereocenters. The number of anilines is 1. The predicted octanol–water partition coefficient (Wildman–Crippen LogP) is 2.63. The molecule has 1 aliphatic rings. The number of aliphatic hydroxyl groups is 1. The second-order valence-corrected chi connectivity index (χ2v) is 5.53. The largest absolute Gasteiger partial charge is 0.391 e. The molecule has 1 amide bonds. The molecule has 0 bridgehead atoms. The number of carbonyl (C=O) groups excluding carboxylic acids is 1. The van der Waals surface area contributed by atoms with Gasteiger partial charge in [-0.3, -0.25) is 4.79 Å². The number of benzene rings is 1. The number of nitrogens with one attached hydrogen (secondary N) is 1. The van der Waals surface area contributed by atoms with Crippen molar-refractivity contribution < 1.29 is 14.3 Å². The Morgan fingerprint density at radius 1 is 1.43 bits per heavy atom. The third-order valence-electron chi connectivity index (χ3n) is 4.11. The average molecular weight is 294 g/mol. The third-order valence-corrected chi connectivity index (χ3v) is 4.11. The lowest BCUT2D eigenvalue weighted by Crippen LogP contribution is -2.46. The summed E-state index contributed by atoms with van der Waals surface area (Å²) in [4.78, 5) is 14.2. The summed E-state index contributed by atoms with van der Waals surface area (Å²) in [6.07, 6.45) is 3.00. The number of amides is 1. The standard InChI is InChI=1S/C16H23FN2O2/c1-3-18-15-11(7-6-8-12(15)17)16(21)19(2)13-9-4-5-10-14(13)20/h6-8,13-14,18,20H,3-5,9-10H2,1-2H3. The van der Waals surface area contributed by atoms with E-state index in [4.69, 9.17) is 0 Å². The van der Waals surface area contributed by atoms with Gasteiger partial charge in [0.05, 0.1) is 23.4 Å². The van der Waals surface area contributed by atoms with Gasteiger partial charge in [-0.1, -0.05) is 18.9 Å². The first-order valence-electron chi connectivity index (χ1n) is 7.53. The Morgan fingerprint density at radius 3 is 2.81 bits per heavy atom. The van der Waals surface area contributed by atoms with Crippen LogP contribution in [0.2, 0.25) is 0 Å². The van der Waals surface area contributed by atoms with Crippen molar-refractivity contribution in [2.45, 2.75) is 44.8 Å². The number of carbonyl (C=O) groups is 1. The second kappa shape index (κ2) is 6.89. The van der Waals surface area contributed by atoms with Crippen molar-refractivity contribution >= 4 is 11.6 Å². The summed E-state index contributed by atoms with van der Waals surface area (Å²) in [5.74, 6) is -0.684. The van der Waals surface area contributed by atoms with Crippen LogP contribution in [0, 0.1) is 5.82 Å². The van der Waals surface area contributed by atoms with E-state index in [2.05, 4.69) is 5.32 Å². The first-order valence-corrected chi connectivity index (χ1v) is 7.53. The van der Waals surface area contributed by atoms with Crippen LogP contribution in [0.4, 0.5) is 10.1 Å². The van der Waals surface area contributed by atoms with Crippen molar-refractivity contribution in [2.24, 2.45) is 0 Å². The van der Waals surface area contributed by atoms with Gasteiger partial charge in [0, 0.05) is 13.6 Å². The second-order valence-electron chi connectivity index (χ2n) is 5.53. The van der Waals surface area contributed by atoms with Crippen LogP contribution >= 0.6 is 0 Å². The molecular formula is C16H23FN2O2. The van der Waals surface area contributed by atoms with E-state index in [1.54, 1.807) is 18.0 Å². The summed E-state index contributed by atoms with van der Waals surface area (Å²) in [7, 11) is 1.68.